The number of rotatable bonds is 6. The van der Waals surface area contributed by atoms with Crippen LogP contribution >= 0.6 is 23.2 Å². The van der Waals surface area contributed by atoms with Crippen molar-refractivity contribution in [2.75, 3.05) is 0 Å². The molecule has 3 aromatic carbocycles. The second kappa shape index (κ2) is 8.69. The van der Waals surface area contributed by atoms with Gasteiger partial charge in [0.05, 0.1) is 0 Å². The molecule has 3 aromatic rings. The topological polar surface area (TPSA) is 17.1 Å². The normalized spacial score (nSPS) is 11.9. The first-order chi connectivity index (χ1) is 12.1. The van der Waals surface area contributed by atoms with E-state index in [1.54, 1.807) is 24.3 Å². The summed E-state index contributed by atoms with van der Waals surface area (Å²) in [5, 5.41) is 2.11. The number of halogens is 2. The second-order valence-electron chi connectivity index (χ2n) is 5.60. The molecule has 0 saturated carbocycles. The molecule has 0 aliphatic carbocycles. The van der Waals surface area contributed by atoms with E-state index >= 15 is 0 Å². The number of hydrogen-bond acceptors (Lipinski definition) is 1. The predicted octanol–water partition coefficient (Wildman–Crippen LogP) is 5.41. The van der Waals surface area contributed by atoms with Gasteiger partial charge in [-0.05, 0) is 0 Å². The Morgan fingerprint density at radius 1 is 0.800 bits per heavy atom. The van der Waals surface area contributed by atoms with Crippen molar-refractivity contribution in [1.82, 2.24) is 0 Å². The summed E-state index contributed by atoms with van der Waals surface area (Å²) < 4.78 is 1.29. The molecule has 25 heavy (non-hydrogen) atoms. The molecule has 0 N–H and O–H groups in total. The average Bonchev–Trinajstić information content (AvgIpc) is 2.64. The van der Waals surface area contributed by atoms with Crippen LogP contribution in [0.15, 0.2) is 78.9 Å². The van der Waals surface area contributed by atoms with Gasteiger partial charge in [-0.3, -0.25) is 0 Å². The van der Waals surface area contributed by atoms with E-state index in [0.717, 1.165) is 10.9 Å². The summed E-state index contributed by atoms with van der Waals surface area (Å²) in [6.07, 6.45) is 0. The van der Waals surface area contributed by atoms with Crippen LogP contribution in [0.3, 0.4) is 0 Å². The molecule has 1 unspecified atom stereocenters. The van der Waals surface area contributed by atoms with Crippen LogP contribution in [0.1, 0.15) is 21.8 Å². The molecule has 0 amide bonds. The van der Waals surface area contributed by atoms with E-state index in [2.05, 4.69) is 12.1 Å². The van der Waals surface area contributed by atoms with Gasteiger partial charge in [-0.15, -0.1) is 0 Å². The summed E-state index contributed by atoms with van der Waals surface area (Å²) in [5.74, 6) is -0.0598. The van der Waals surface area contributed by atoms with E-state index in [1.807, 2.05) is 42.5 Å². The number of ketones is 1. The van der Waals surface area contributed by atoms with E-state index in [4.69, 9.17) is 23.2 Å². The maximum absolute atomic E-state index is 13.1. The SMILES string of the molecule is O=C(c1ccc(Cl)cc1)C(C[Se]c1ccccc1)c1ccc(Cl)cc1. The van der Waals surface area contributed by atoms with Crippen molar-refractivity contribution >= 4 is 48.4 Å². The molecule has 0 aromatic heterocycles. The second-order valence-corrected chi connectivity index (χ2v) is 8.77. The minimum atomic E-state index is -0.182. The summed E-state index contributed by atoms with van der Waals surface area (Å²) in [6, 6.07) is 25.0. The first-order valence-electron chi connectivity index (χ1n) is 7.86. The predicted molar refractivity (Wildman–Crippen MR) is 107 cm³/mol. The van der Waals surface area contributed by atoms with Gasteiger partial charge in [-0.2, -0.15) is 0 Å². The van der Waals surface area contributed by atoms with Crippen LogP contribution in [0.25, 0.3) is 0 Å². The van der Waals surface area contributed by atoms with E-state index < -0.39 is 0 Å². The molecular weight excluding hydrogens is 418 g/mol. The maximum atomic E-state index is 13.1. The molecule has 126 valence electrons. The van der Waals surface area contributed by atoms with Gasteiger partial charge in [-0.25, -0.2) is 0 Å². The van der Waals surface area contributed by atoms with Gasteiger partial charge in [0.2, 0.25) is 0 Å². The van der Waals surface area contributed by atoms with Crippen LogP contribution in [0.2, 0.25) is 15.4 Å². The third-order valence-electron chi connectivity index (χ3n) is 3.88. The Balaban J connectivity index is 1.86. The van der Waals surface area contributed by atoms with Crippen molar-refractivity contribution in [3.8, 4) is 0 Å². The van der Waals surface area contributed by atoms with Crippen LogP contribution < -0.4 is 4.46 Å². The van der Waals surface area contributed by atoms with E-state index in [9.17, 15) is 4.79 Å². The quantitative estimate of drug-likeness (QED) is 0.375. The zero-order chi connectivity index (χ0) is 17.6. The third-order valence-corrected chi connectivity index (χ3v) is 6.70. The summed E-state index contributed by atoms with van der Waals surface area (Å²) >= 11 is 12.2. The molecule has 0 saturated heterocycles. The van der Waals surface area contributed by atoms with Crippen LogP contribution in [-0.2, 0) is 0 Å². The number of Topliss-reactive ketones (excluding diaryl/α,β-unsaturated/α-hetero) is 1. The van der Waals surface area contributed by atoms with Crippen LogP contribution in [0, 0.1) is 0 Å². The van der Waals surface area contributed by atoms with Crippen molar-refractivity contribution in [1.29, 1.82) is 0 Å². The minimum absolute atomic E-state index is 0.122. The Bertz CT molecular complexity index is 830. The van der Waals surface area contributed by atoms with Crippen LogP contribution in [0.4, 0.5) is 0 Å². The Hall–Kier alpha value is -1.57. The molecule has 1 atom stereocenters. The number of hydrogen-bond donors (Lipinski definition) is 0. The Morgan fingerprint density at radius 2 is 1.36 bits per heavy atom. The van der Waals surface area contributed by atoms with Crippen LogP contribution in [0.5, 0.6) is 0 Å². The fourth-order valence-electron chi connectivity index (χ4n) is 2.53. The van der Waals surface area contributed by atoms with Gasteiger partial charge < -0.3 is 0 Å². The zero-order valence-electron chi connectivity index (χ0n) is 13.4. The van der Waals surface area contributed by atoms with E-state index in [-0.39, 0.29) is 26.7 Å². The first-order valence-corrected chi connectivity index (χ1v) is 10.7. The monoisotopic (exact) mass is 434 g/mol. The van der Waals surface area contributed by atoms with Crippen molar-refractivity contribution in [2.24, 2.45) is 0 Å². The summed E-state index contributed by atoms with van der Waals surface area (Å²) in [4.78, 5) is 13.1. The molecule has 0 spiro atoms. The fourth-order valence-corrected chi connectivity index (χ4v) is 4.99. The molecule has 0 bridgehead atoms. The van der Waals surface area contributed by atoms with Gasteiger partial charge in [0.1, 0.15) is 0 Å². The fraction of sp³-hybridized carbons (Fsp3) is 0.0952. The molecule has 4 heteroatoms. The Morgan fingerprint density at radius 3 is 1.96 bits per heavy atom. The number of benzene rings is 3. The van der Waals surface area contributed by atoms with Gasteiger partial charge in [0.25, 0.3) is 0 Å². The van der Waals surface area contributed by atoms with Crippen molar-refractivity contribution in [3.63, 3.8) is 0 Å². The zero-order valence-corrected chi connectivity index (χ0v) is 16.6. The van der Waals surface area contributed by atoms with Crippen LogP contribution in [-0.4, -0.2) is 20.7 Å². The van der Waals surface area contributed by atoms with Crippen molar-refractivity contribution in [2.45, 2.75) is 11.2 Å². The molecular formula is C21H16Cl2OSe. The van der Waals surface area contributed by atoms with Crippen molar-refractivity contribution in [3.05, 3.63) is 100 Å². The summed E-state index contributed by atoms with van der Waals surface area (Å²) in [5.41, 5.74) is 1.69. The molecule has 0 aliphatic rings. The standard InChI is InChI=1S/C21H16Cl2OSe/c22-17-10-6-15(7-11-17)20(14-25-19-4-2-1-3-5-19)21(24)16-8-12-18(23)13-9-16/h1-13,20H,14H2. The summed E-state index contributed by atoms with van der Waals surface area (Å²) in [6.45, 7) is 0. The molecule has 0 fully saturated rings. The van der Waals surface area contributed by atoms with Gasteiger partial charge in [0, 0.05) is 0 Å². The van der Waals surface area contributed by atoms with Gasteiger partial charge in [0.15, 0.2) is 0 Å². The molecule has 0 heterocycles. The van der Waals surface area contributed by atoms with E-state index in [1.165, 1.54) is 4.46 Å². The Kier molecular flexibility index (Phi) is 6.34. The molecule has 0 aliphatic heterocycles. The average molecular weight is 434 g/mol. The van der Waals surface area contributed by atoms with Gasteiger partial charge >= 0.3 is 164 Å². The Labute approximate surface area is 164 Å². The van der Waals surface area contributed by atoms with Crippen molar-refractivity contribution < 1.29 is 4.79 Å². The number of carbonyl (C=O) groups excluding carboxylic acids is 1. The first kappa shape index (κ1) is 18.2. The van der Waals surface area contributed by atoms with Gasteiger partial charge in [-0.1, -0.05) is 0 Å². The third kappa shape index (κ3) is 4.96. The molecule has 3 rings (SSSR count). The summed E-state index contributed by atoms with van der Waals surface area (Å²) in [7, 11) is 0. The van der Waals surface area contributed by atoms with E-state index in [0.29, 0.717) is 15.6 Å². The molecule has 1 nitrogen and oxygen atoms in total. The number of carbonyl (C=O) groups is 1. The molecule has 0 radical (unpaired) electrons.